The van der Waals surface area contributed by atoms with Crippen LogP contribution in [0, 0.1) is 5.82 Å². The van der Waals surface area contributed by atoms with Crippen LogP contribution < -0.4 is 5.32 Å². The topological polar surface area (TPSA) is 35.5 Å². The molecule has 1 atom stereocenters. The van der Waals surface area contributed by atoms with Crippen LogP contribution in [0.2, 0.25) is 5.02 Å². The Hall–Kier alpha value is -0.470. The minimum Gasteiger partial charge on any atom is -0.505 e. The van der Waals surface area contributed by atoms with Crippen LogP contribution in [0.15, 0.2) is 12.1 Å². The SMILES string of the molecule is Cl.Cl.Oc1c(F)cc(Cl)cc1[C@@H](N1CCNCC1)C(F)(F)F. The van der Waals surface area contributed by atoms with Crippen molar-refractivity contribution in [3.63, 3.8) is 0 Å². The zero-order valence-corrected chi connectivity index (χ0v) is 13.6. The highest BCUT2D eigenvalue weighted by molar-refractivity contribution is 6.30. The van der Waals surface area contributed by atoms with Gasteiger partial charge in [-0.3, -0.25) is 4.90 Å². The van der Waals surface area contributed by atoms with Gasteiger partial charge in [-0.15, -0.1) is 24.8 Å². The van der Waals surface area contributed by atoms with Crippen molar-refractivity contribution in [3.8, 4) is 5.75 Å². The van der Waals surface area contributed by atoms with Gasteiger partial charge in [0, 0.05) is 36.8 Å². The minimum absolute atomic E-state index is 0. The molecule has 0 aromatic heterocycles. The maximum atomic E-state index is 13.4. The van der Waals surface area contributed by atoms with Gasteiger partial charge >= 0.3 is 6.18 Å². The van der Waals surface area contributed by atoms with Crippen LogP contribution in [-0.2, 0) is 0 Å². The predicted octanol–water partition coefficient (Wildman–Crippen LogP) is 3.54. The van der Waals surface area contributed by atoms with Gasteiger partial charge < -0.3 is 10.4 Å². The number of phenols is 1. The van der Waals surface area contributed by atoms with Crippen molar-refractivity contribution >= 4 is 36.4 Å². The van der Waals surface area contributed by atoms with E-state index in [1.807, 2.05) is 0 Å². The molecule has 0 bridgehead atoms. The van der Waals surface area contributed by atoms with E-state index in [1.165, 1.54) is 0 Å². The number of piperazine rings is 1. The lowest BCUT2D eigenvalue weighted by Gasteiger charge is -2.36. The summed E-state index contributed by atoms with van der Waals surface area (Å²) in [6.45, 7) is 1.10. The summed E-state index contributed by atoms with van der Waals surface area (Å²) in [5, 5.41) is 12.4. The quantitative estimate of drug-likeness (QED) is 0.765. The molecule has 1 heterocycles. The normalized spacial score (nSPS) is 17.3. The molecule has 0 aliphatic carbocycles. The third-order valence-electron chi connectivity index (χ3n) is 3.18. The van der Waals surface area contributed by atoms with E-state index in [-0.39, 0.29) is 42.9 Å². The molecule has 2 rings (SSSR count). The van der Waals surface area contributed by atoms with E-state index in [2.05, 4.69) is 5.32 Å². The number of aromatic hydroxyl groups is 1. The average Bonchev–Trinajstić information content (AvgIpc) is 2.35. The van der Waals surface area contributed by atoms with Crippen molar-refractivity contribution in [2.24, 2.45) is 0 Å². The number of hydrogen-bond acceptors (Lipinski definition) is 3. The first kappa shape index (κ1) is 21.5. The van der Waals surface area contributed by atoms with E-state index in [9.17, 15) is 22.7 Å². The Kier molecular flexibility index (Phi) is 8.22. The highest BCUT2D eigenvalue weighted by Gasteiger charge is 2.46. The van der Waals surface area contributed by atoms with E-state index in [4.69, 9.17) is 11.6 Å². The molecule has 2 N–H and O–H groups in total. The molecule has 22 heavy (non-hydrogen) atoms. The molecular formula is C12H15Cl3F4N2O. The Morgan fingerprint density at radius 1 is 1.18 bits per heavy atom. The predicted molar refractivity (Wildman–Crippen MR) is 80.8 cm³/mol. The van der Waals surface area contributed by atoms with Gasteiger partial charge in [0.2, 0.25) is 0 Å². The van der Waals surface area contributed by atoms with Crippen molar-refractivity contribution in [1.82, 2.24) is 10.2 Å². The molecule has 0 unspecified atom stereocenters. The molecule has 1 aromatic carbocycles. The summed E-state index contributed by atoms with van der Waals surface area (Å²) in [7, 11) is 0. The van der Waals surface area contributed by atoms with Crippen LogP contribution in [0.3, 0.4) is 0 Å². The second-order valence-corrected chi connectivity index (χ2v) is 4.99. The fourth-order valence-corrected chi connectivity index (χ4v) is 2.53. The van der Waals surface area contributed by atoms with Crippen LogP contribution in [-0.4, -0.2) is 42.4 Å². The van der Waals surface area contributed by atoms with Crippen molar-refractivity contribution in [1.29, 1.82) is 0 Å². The minimum atomic E-state index is -4.63. The number of hydrogen-bond donors (Lipinski definition) is 2. The van der Waals surface area contributed by atoms with Gasteiger partial charge in [-0.05, 0) is 12.1 Å². The lowest BCUT2D eigenvalue weighted by Crippen LogP contribution is -2.49. The lowest BCUT2D eigenvalue weighted by atomic mass is 10.0. The highest BCUT2D eigenvalue weighted by Crippen LogP contribution is 2.43. The number of phenolic OH excluding ortho intramolecular Hbond substituents is 1. The molecule has 0 saturated carbocycles. The van der Waals surface area contributed by atoms with Gasteiger partial charge in [0.15, 0.2) is 11.6 Å². The van der Waals surface area contributed by atoms with Gasteiger partial charge in [0.1, 0.15) is 6.04 Å². The first-order valence-electron chi connectivity index (χ1n) is 6.00. The van der Waals surface area contributed by atoms with Crippen LogP contribution in [0.1, 0.15) is 11.6 Å². The average molecular weight is 386 g/mol. The number of rotatable bonds is 2. The Morgan fingerprint density at radius 3 is 2.23 bits per heavy atom. The molecular weight excluding hydrogens is 370 g/mol. The zero-order chi connectivity index (χ0) is 14.9. The molecule has 0 amide bonds. The molecule has 1 aliphatic rings. The largest absolute Gasteiger partial charge is 0.505 e. The third-order valence-corrected chi connectivity index (χ3v) is 3.40. The summed E-state index contributed by atoms with van der Waals surface area (Å²) in [6, 6.07) is -0.330. The molecule has 1 saturated heterocycles. The van der Waals surface area contributed by atoms with Crippen LogP contribution in [0.5, 0.6) is 5.75 Å². The first-order valence-corrected chi connectivity index (χ1v) is 6.38. The maximum Gasteiger partial charge on any atom is 0.408 e. The molecule has 1 fully saturated rings. The Bertz CT molecular complexity index is 496. The van der Waals surface area contributed by atoms with E-state index in [1.54, 1.807) is 0 Å². The van der Waals surface area contributed by atoms with Crippen molar-refractivity contribution in [3.05, 3.63) is 28.5 Å². The van der Waals surface area contributed by atoms with Crippen molar-refractivity contribution in [2.45, 2.75) is 12.2 Å². The van der Waals surface area contributed by atoms with E-state index >= 15 is 0 Å². The third kappa shape index (κ3) is 4.76. The summed E-state index contributed by atoms with van der Waals surface area (Å²) in [4.78, 5) is 1.15. The molecule has 10 heteroatoms. The second-order valence-electron chi connectivity index (χ2n) is 4.56. The maximum absolute atomic E-state index is 13.4. The summed E-state index contributed by atoms with van der Waals surface area (Å²) < 4.78 is 53.3. The van der Waals surface area contributed by atoms with Gasteiger partial charge in [0.25, 0.3) is 0 Å². The van der Waals surface area contributed by atoms with Gasteiger partial charge in [0.05, 0.1) is 0 Å². The monoisotopic (exact) mass is 384 g/mol. The Labute approximate surface area is 142 Å². The Morgan fingerprint density at radius 2 is 1.73 bits per heavy atom. The molecule has 1 aliphatic heterocycles. The number of halogens is 7. The highest BCUT2D eigenvalue weighted by atomic mass is 35.5. The standard InChI is InChI=1S/C12H13ClF4N2O.2ClH/c13-7-5-8(10(20)9(14)6-7)11(12(15,16)17)19-3-1-18-2-4-19;;/h5-6,11,18,20H,1-4H2;2*1H/t11-;;/m1../s1. The van der Waals surface area contributed by atoms with Crippen molar-refractivity contribution in [2.75, 3.05) is 26.2 Å². The van der Waals surface area contributed by atoms with Crippen LogP contribution in [0.25, 0.3) is 0 Å². The zero-order valence-electron chi connectivity index (χ0n) is 11.2. The summed E-state index contributed by atoms with van der Waals surface area (Å²) in [5.74, 6) is -2.16. The van der Waals surface area contributed by atoms with Gasteiger partial charge in [-0.1, -0.05) is 11.6 Å². The lowest BCUT2D eigenvalue weighted by molar-refractivity contribution is -0.188. The summed E-state index contributed by atoms with van der Waals surface area (Å²) in [5.41, 5.74) is -0.551. The van der Waals surface area contributed by atoms with Crippen LogP contribution >= 0.6 is 36.4 Å². The first-order chi connectivity index (χ1) is 9.30. The second kappa shape index (κ2) is 8.40. The van der Waals surface area contributed by atoms with E-state index in [0.29, 0.717) is 13.1 Å². The molecule has 1 aromatic rings. The smallest absolute Gasteiger partial charge is 0.408 e. The molecule has 128 valence electrons. The summed E-state index contributed by atoms with van der Waals surface area (Å²) >= 11 is 5.61. The van der Waals surface area contributed by atoms with Gasteiger partial charge in [-0.25, -0.2) is 4.39 Å². The van der Waals surface area contributed by atoms with E-state index < -0.39 is 29.3 Å². The molecule has 0 radical (unpaired) electrons. The van der Waals surface area contributed by atoms with Gasteiger partial charge in [-0.2, -0.15) is 13.2 Å². The molecule has 0 spiro atoms. The summed E-state index contributed by atoms with van der Waals surface area (Å²) in [6.07, 6.45) is -4.63. The number of nitrogens with one attached hydrogen (secondary N) is 1. The molecule has 3 nitrogen and oxygen atoms in total. The fraction of sp³-hybridized carbons (Fsp3) is 0.500. The number of nitrogens with zero attached hydrogens (tertiary/aromatic N) is 1. The Balaban J connectivity index is 0.00000220. The van der Waals surface area contributed by atoms with Crippen LogP contribution in [0.4, 0.5) is 17.6 Å². The number of benzene rings is 1. The fourth-order valence-electron chi connectivity index (χ4n) is 2.31. The number of alkyl halides is 3. The van der Waals surface area contributed by atoms with Crippen molar-refractivity contribution < 1.29 is 22.7 Å². The van der Waals surface area contributed by atoms with E-state index in [0.717, 1.165) is 17.0 Å².